The van der Waals surface area contributed by atoms with Gasteiger partial charge in [-0.05, 0) is 131 Å². The Labute approximate surface area is 299 Å². The fourth-order valence-electron chi connectivity index (χ4n) is 11.7. The van der Waals surface area contributed by atoms with Gasteiger partial charge in [0.25, 0.3) is 0 Å². The quantitative estimate of drug-likeness (QED) is 0.166. The molecule has 1 aromatic heterocycles. The van der Waals surface area contributed by atoms with Gasteiger partial charge in [-0.25, -0.2) is 0 Å². The molecule has 7 aromatic rings. The molecule has 1 heteroatoms. The van der Waals surface area contributed by atoms with Crippen LogP contribution in [0.25, 0.3) is 42.4 Å². The first-order valence-corrected chi connectivity index (χ1v) is 19.8. The Morgan fingerprint density at radius 2 is 1.18 bits per heavy atom. The molecule has 0 saturated heterocycles. The lowest BCUT2D eigenvalue weighted by atomic mass is 9.43. The smallest absolute Gasteiger partial charge is 0.0361 e. The molecular weight excluding hydrogens is 621 g/mol. The first-order chi connectivity index (χ1) is 24.7. The topological polar surface area (TPSA) is 0 Å². The zero-order chi connectivity index (χ0) is 32.8. The molecule has 5 aliphatic rings. The van der Waals surface area contributed by atoms with E-state index in [4.69, 9.17) is 0 Å². The van der Waals surface area contributed by atoms with E-state index in [-0.39, 0.29) is 5.41 Å². The van der Waals surface area contributed by atoms with E-state index in [9.17, 15) is 0 Å². The molecule has 4 fully saturated rings. The molecule has 4 bridgehead atoms. The highest BCUT2D eigenvalue weighted by molar-refractivity contribution is 7.25. The van der Waals surface area contributed by atoms with Crippen LogP contribution in [-0.2, 0) is 11.8 Å². The van der Waals surface area contributed by atoms with E-state index in [1.807, 2.05) is 11.3 Å². The highest BCUT2D eigenvalue weighted by Gasteiger charge is 2.61. The van der Waals surface area contributed by atoms with Crippen LogP contribution in [0.2, 0.25) is 0 Å². The Bertz CT molecular complexity index is 2360. The first kappa shape index (κ1) is 29.3. The molecule has 1 unspecified atom stereocenters. The van der Waals surface area contributed by atoms with E-state index >= 15 is 0 Å². The molecule has 5 aliphatic carbocycles. The van der Waals surface area contributed by atoms with E-state index in [1.165, 1.54) is 91.2 Å². The molecule has 0 amide bonds. The number of rotatable bonds is 6. The van der Waals surface area contributed by atoms with E-state index < -0.39 is 0 Å². The zero-order valence-electron chi connectivity index (χ0n) is 28.5. The van der Waals surface area contributed by atoms with Crippen LogP contribution in [0, 0.1) is 23.7 Å². The number of hydrogen-bond donors (Lipinski definition) is 0. The summed E-state index contributed by atoms with van der Waals surface area (Å²) in [6, 6.07) is 53.6. The summed E-state index contributed by atoms with van der Waals surface area (Å²) >= 11 is 1.90. The minimum atomic E-state index is 0.239. The van der Waals surface area contributed by atoms with E-state index in [0.717, 1.165) is 36.5 Å². The monoisotopic (exact) mass is 662 g/mol. The highest BCUT2D eigenvalue weighted by Crippen LogP contribution is 2.69. The Morgan fingerprint density at radius 3 is 2.00 bits per heavy atom. The Balaban J connectivity index is 0.917. The van der Waals surface area contributed by atoms with Crippen molar-refractivity contribution in [2.75, 3.05) is 0 Å². The van der Waals surface area contributed by atoms with Gasteiger partial charge >= 0.3 is 0 Å². The Morgan fingerprint density at radius 1 is 0.520 bits per heavy atom. The normalized spacial score (nSPS) is 25.0. The molecule has 0 N–H and O–H groups in total. The summed E-state index contributed by atoms with van der Waals surface area (Å²) in [5.41, 5.74) is 13.6. The van der Waals surface area contributed by atoms with Gasteiger partial charge < -0.3 is 0 Å². The van der Waals surface area contributed by atoms with Gasteiger partial charge in [0.05, 0.1) is 0 Å². The van der Waals surface area contributed by atoms with Gasteiger partial charge in [-0.1, -0.05) is 127 Å². The van der Waals surface area contributed by atoms with Crippen molar-refractivity contribution in [3.05, 3.63) is 167 Å². The maximum atomic E-state index is 2.69. The van der Waals surface area contributed by atoms with Gasteiger partial charge in [0.1, 0.15) is 0 Å². The van der Waals surface area contributed by atoms with Crippen LogP contribution in [0.3, 0.4) is 0 Å². The summed E-state index contributed by atoms with van der Waals surface area (Å²) in [6.07, 6.45) is 9.45. The van der Waals surface area contributed by atoms with Crippen molar-refractivity contribution in [2.45, 2.75) is 56.3 Å². The lowest BCUT2D eigenvalue weighted by Gasteiger charge is -2.61. The first-order valence-electron chi connectivity index (χ1n) is 19.0. The number of benzene rings is 6. The van der Waals surface area contributed by atoms with E-state index in [1.54, 1.807) is 11.1 Å². The van der Waals surface area contributed by atoms with Gasteiger partial charge in [0.15, 0.2) is 0 Å². The van der Waals surface area contributed by atoms with Crippen molar-refractivity contribution in [3.63, 3.8) is 0 Å². The fourth-order valence-corrected chi connectivity index (χ4v) is 12.8. The molecule has 0 radical (unpaired) electrons. The lowest BCUT2D eigenvalue weighted by Crippen LogP contribution is -2.55. The van der Waals surface area contributed by atoms with Crippen LogP contribution in [0.4, 0.5) is 0 Å². The van der Waals surface area contributed by atoms with Crippen molar-refractivity contribution in [1.29, 1.82) is 0 Å². The third-order valence-corrected chi connectivity index (χ3v) is 14.7. The van der Waals surface area contributed by atoms with Gasteiger partial charge in [0.2, 0.25) is 0 Å². The maximum Gasteiger partial charge on any atom is 0.0361 e. The van der Waals surface area contributed by atoms with E-state index in [2.05, 4.69) is 140 Å². The minimum absolute atomic E-state index is 0.239. The van der Waals surface area contributed by atoms with Crippen LogP contribution in [0.5, 0.6) is 0 Å². The average Bonchev–Trinajstić information content (AvgIpc) is 3.67. The third-order valence-electron chi connectivity index (χ3n) is 13.6. The zero-order valence-corrected chi connectivity index (χ0v) is 29.3. The van der Waals surface area contributed by atoms with Gasteiger partial charge in [-0.15, -0.1) is 11.3 Å². The van der Waals surface area contributed by atoms with Crippen molar-refractivity contribution < 1.29 is 0 Å². The molecule has 1 spiro atoms. The van der Waals surface area contributed by atoms with Crippen LogP contribution >= 0.6 is 11.3 Å². The second-order valence-electron chi connectivity index (χ2n) is 16.0. The average molecular weight is 663 g/mol. The number of thiophene rings is 1. The predicted molar refractivity (Wildman–Crippen MR) is 211 cm³/mol. The molecule has 50 heavy (non-hydrogen) atoms. The summed E-state index contributed by atoms with van der Waals surface area (Å²) in [5.74, 6) is 3.92. The lowest BCUT2D eigenvalue weighted by molar-refractivity contribution is -0.0399. The molecule has 244 valence electrons. The second-order valence-corrected chi connectivity index (χ2v) is 17.1. The molecular formula is C49H42S. The molecule has 6 aromatic carbocycles. The summed E-state index contributed by atoms with van der Waals surface area (Å²) in [6.45, 7) is 0. The molecule has 1 atom stereocenters. The van der Waals surface area contributed by atoms with Crippen molar-refractivity contribution in [3.8, 4) is 22.3 Å². The van der Waals surface area contributed by atoms with Gasteiger partial charge in [-0.2, -0.15) is 0 Å². The van der Waals surface area contributed by atoms with Crippen molar-refractivity contribution >= 4 is 31.5 Å². The SMILES string of the molecule is c1ccc(C(CCc2ccc3c(c2)C2(c4ccccc4-3)C3CC4CC(C3)CC2C4)c2ccc(-c3ccc4c(c3)sc3ccccc34)cc2)cc1. The van der Waals surface area contributed by atoms with Crippen LogP contribution in [0.15, 0.2) is 140 Å². The molecule has 1 heterocycles. The van der Waals surface area contributed by atoms with Crippen molar-refractivity contribution in [1.82, 2.24) is 0 Å². The fraction of sp³-hybridized carbons (Fsp3) is 0.265. The molecule has 12 rings (SSSR count). The Hall–Kier alpha value is -4.46. The predicted octanol–water partition coefficient (Wildman–Crippen LogP) is 13.2. The number of hydrogen-bond acceptors (Lipinski definition) is 1. The summed E-state index contributed by atoms with van der Waals surface area (Å²) in [5, 5.41) is 2.72. The summed E-state index contributed by atoms with van der Waals surface area (Å²) in [4.78, 5) is 0. The second kappa shape index (κ2) is 11.3. The summed E-state index contributed by atoms with van der Waals surface area (Å²) < 4.78 is 2.73. The van der Waals surface area contributed by atoms with Crippen LogP contribution < -0.4 is 0 Å². The number of aryl methyl sites for hydroxylation is 1. The minimum Gasteiger partial charge on any atom is -0.135 e. The maximum absolute atomic E-state index is 2.69. The van der Waals surface area contributed by atoms with Crippen molar-refractivity contribution in [2.24, 2.45) is 23.7 Å². The highest BCUT2D eigenvalue weighted by atomic mass is 32.1. The third kappa shape index (κ3) is 4.35. The Kier molecular flexibility index (Phi) is 6.60. The standard InChI is InChI=1S/C49H42S/c1-2-8-35(9-3-1)40(36-18-16-34(17-19-36)37-20-23-44-43-11-5-7-13-47(43)50-48(44)30-37)21-14-31-15-22-42-41-10-4-6-12-45(41)49(46(42)29-31)38-25-32-24-33(27-38)28-39(49)26-32/h1-13,15-20,22-23,29-30,32-33,38-40H,14,21,24-28H2. The largest absolute Gasteiger partial charge is 0.135 e. The summed E-state index contributed by atoms with van der Waals surface area (Å²) in [7, 11) is 0. The van der Waals surface area contributed by atoms with Crippen LogP contribution in [-0.4, -0.2) is 0 Å². The molecule has 0 aliphatic heterocycles. The van der Waals surface area contributed by atoms with Gasteiger partial charge in [0, 0.05) is 31.5 Å². The van der Waals surface area contributed by atoms with Gasteiger partial charge in [-0.3, -0.25) is 0 Å². The molecule has 4 saturated carbocycles. The number of fused-ring (bicyclic) bond motifs is 6. The van der Waals surface area contributed by atoms with Crippen LogP contribution in [0.1, 0.15) is 72.3 Å². The molecule has 0 nitrogen and oxygen atoms in total. The van der Waals surface area contributed by atoms with E-state index in [0.29, 0.717) is 5.92 Å².